The van der Waals surface area contributed by atoms with Crippen molar-refractivity contribution in [3.63, 3.8) is 0 Å². The molecule has 3 fully saturated rings. The maximum Gasteiger partial charge on any atom is 0.0577 e. The van der Waals surface area contributed by atoms with Crippen LogP contribution in [-0.4, -0.2) is 11.2 Å². The Morgan fingerprint density at radius 1 is 1.13 bits per heavy atom. The normalized spacial score (nSPS) is 45.0. The van der Waals surface area contributed by atoms with E-state index in [0.717, 1.165) is 48.3 Å². The quantitative estimate of drug-likeness (QED) is 0.439. The van der Waals surface area contributed by atoms with Gasteiger partial charge in [0.15, 0.2) is 0 Å². The minimum absolute atomic E-state index is 0.0856. The molecule has 0 aromatic carbocycles. The van der Waals surface area contributed by atoms with Crippen molar-refractivity contribution < 1.29 is 5.11 Å². The maximum absolute atomic E-state index is 10.2. The molecule has 0 aromatic heterocycles. The van der Waals surface area contributed by atoms with Crippen molar-refractivity contribution in [3.05, 3.63) is 23.8 Å². The minimum Gasteiger partial charge on any atom is -0.393 e. The third-order valence-corrected chi connectivity index (χ3v) is 11.0. The molecule has 0 unspecified atom stereocenters. The van der Waals surface area contributed by atoms with Crippen molar-refractivity contribution in [1.82, 2.24) is 0 Å². The second kappa shape index (κ2) is 8.42. The van der Waals surface area contributed by atoms with Crippen LogP contribution >= 0.6 is 0 Å². The molecule has 1 nitrogen and oxygen atoms in total. The van der Waals surface area contributed by atoms with E-state index in [2.05, 4.69) is 47.3 Å². The molecule has 4 aliphatic carbocycles. The fraction of sp³-hybridized carbons (Fsp3) is 0.862. The Morgan fingerprint density at radius 3 is 2.60 bits per heavy atom. The van der Waals surface area contributed by atoms with Crippen LogP contribution in [0.5, 0.6) is 0 Å². The van der Waals surface area contributed by atoms with E-state index in [1.807, 2.05) is 0 Å². The molecule has 0 aromatic rings. The van der Waals surface area contributed by atoms with Gasteiger partial charge in [-0.25, -0.2) is 0 Å². The van der Waals surface area contributed by atoms with E-state index < -0.39 is 0 Å². The molecule has 9 atom stereocenters. The molecular formula is C29H48O. The van der Waals surface area contributed by atoms with Gasteiger partial charge in [-0.05, 0) is 124 Å². The largest absolute Gasteiger partial charge is 0.393 e. The molecule has 170 valence electrons. The Balaban J connectivity index is 1.48. The first-order chi connectivity index (χ1) is 14.2. The molecule has 0 amide bonds. The molecule has 0 spiro atoms. The van der Waals surface area contributed by atoms with Crippen molar-refractivity contribution in [1.29, 1.82) is 0 Å². The first kappa shape index (κ1) is 22.6. The zero-order valence-electron chi connectivity index (χ0n) is 20.6. The van der Waals surface area contributed by atoms with Gasteiger partial charge in [0.25, 0.3) is 0 Å². The second-order valence-electron chi connectivity index (χ2n) is 12.4. The van der Waals surface area contributed by atoms with Crippen LogP contribution < -0.4 is 0 Å². The van der Waals surface area contributed by atoms with Crippen molar-refractivity contribution in [2.75, 3.05) is 0 Å². The summed E-state index contributed by atoms with van der Waals surface area (Å²) in [5.41, 5.74) is 3.93. The van der Waals surface area contributed by atoms with Gasteiger partial charge in [-0.15, -0.1) is 0 Å². The van der Waals surface area contributed by atoms with Gasteiger partial charge in [0.1, 0.15) is 0 Å². The van der Waals surface area contributed by atoms with Gasteiger partial charge >= 0.3 is 0 Å². The van der Waals surface area contributed by atoms with Crippen molar-refractivity contribution in [2.24, 2.45) is 46.3 Å². The molecule has 0 saturated heterocycles. The predicted octanol–water partition coefficient (Wildman–Crippen LogP) is 7.94. The van der Waals surface area contributed by atoms with Gasteiger partial charge in [-0.2, -0.15) is 0 Å². The molecule has 4 rings (SSSR count). The fourth-order valence-corrected chi connectivity index (χ4v) is 9.08. The van der Waals surface area contributed by atoms with Gasteiger partial charge in [-0.1, -0.05) is 51.5 Å². The van der Waals surface area contributed by atoms with Crippen molar-refractivity contribution in [2.45, 2.75) is 111 Å². The molecule has 1 heteroatoms. The summed E-state index contributed by atoms with van der Waals surface area (Å²) in [7, 11) is 0. The molecule has 0 bridgehead atoms. The van der Waals surface area contributed by atoms with E-state index >= 15 is 0 Å². The van der Waals surface area contributed by atoms with E-state index in [1.54, 1.807) is 5.57 Å². The van der Waals surface area contributed by atoms with Crippen LogP contribution in [0, 0.1) is 46.3 Å². The maximum atomic E-state index is 10.2. The Labute approximate surface area is 186 Å². The number of rotatable bonds is 6. The SMILES string of the molecule is C=C(C)[C@@H](CC)CC[C@H](C)[C@H]1CC[C@@H]2[C@@H]3CC=C4C[C@H](O)CC[C@@]4(C)[C@H]3CC[C@@]21C. The van der Waals surface area contributed by atoms with Gasteiger partial charge in [0, 0.05) is 0 Å². The summed E-state index contributed by atoms with van der Waals surface area (Å²) in [6.45, 7) is 16.6. The number of allylic oxidation sites excluding steroid dienone is 2. The van der Waals surface area contributed by atoms with Gasteiger partial charge in [0.05, 0.1) is 6.10 Å². The zero-order chi connectivity index (χ0) is 21.7. The van der Waals surface area contributed by atoms with Crippen LogP contribution in [0.3, 0.4) is 0 Å². The number of hydrogen-bond acceptors (Lipinski definition) is 1. The Kier molecular flexibility index (Phi) is 6.35. The summed E-state index contributed by atoms with van der Waals surface area (Å²) < 4.78 is 0. The highest BCUT2D eigenvalue weighted by molar-refractivity contribution is 5.25. The highest BCUT2D eigenvalue weighted by Crippen LogP contribution is 2.67. The highest BCUT2D eigenvalue weighted by Gasteiger charge is 2.59. The monoisotopic (exact) mass is 412 g/mol. The number of hydrogen-bond donors (Lipinski definition) is 1. The van der Waals surface area contributed by atoms with Gasteiger partial charge < -0.3 is 5.11 Å². The average molecular weight is 413 g/mol. The lowest BCUT2D eigenvalue weighted by Crippen LogP contribution is -2.50. The standard InChI is InChI=1S/C29H48O/c1-7-21(19(2)3)9-8-20(4)25-12-13-26-24-11-10-22-18-23(30)14-16-28(22,5)27(24)15-17-29(25,26)6/h10,20-21,23-27,30H,2,7-9,11-18H2,1,3-6H3/t20-,21-,23+,24-,25+,26+,27-,28+,29+/m0/s1. The van der Waals surface area contributed by atoms with Crippen LogP contribution in [0.4, 0.5) is 0 Å². The third kappa shape index (κ3) is 3.66. The van der Waals surface area contributed by atoms with Gasteiger partial charge in [-0.3, -0.25) is 0 Å². The van der Waals surface area contributed by atoms with Crippen LogP contribution in [0.15, 0.2) is 23.8 Å². The number of aliphatic hydroxyl groups excluding tert-OH is 1. The summed E-state index contributed by atoms with van der Waals surface area (Å²) in [6, 6.07) is 0. The van der Waals surface area contributed by atoms with E-state index in [1.165, 1.54) is 63.4 Å². The molecule has 3 saturated carbocycles. The summed E-state index contributed by atoms with van der Waals surface area (Å²) in [5.74, 6) is 5.16. The molecular weight excluding hydrogens is 364 g/mol. The fourth-order valence-electron chi connectivity index (χ4n) is 9.08. The van der Waals surface area contributed by atoms with Crippen LogP contribution in [-0.2, 0) is 0 Å². The Morgan fingerprint density at radius 2 is 1.90 bits per heavy atom. The summed E-state index contributed by atoms with van der Waals surface area (Å²) in [4.78, 5) is 0. The molecule has 30 heavy (non-hydrogen) atoms. The second-order valence-corrected chi connectivity index (χ2v) is 12.4. The minimum atomic E-state index is -0.0856. The van der Waals surface area contributed by atoms with E-state index in [9.17, 15) is 5.11 Å². The molecule has 0 aliphatic heterocycles. The predicted molar refractivity (Wildman–Crippen MR) is 128 cm³/mol. The Bertz CT molecular complexity index is 676. The van der Waals surface area contributed by atoms with Crippen molar-refractivity contribution >= 4 is 0 Å². The van der Waals surface area contributed by atoms with Crippen LogP contribution in [0.25, 0.3) is 0 Å². The first-order valence-electron chi connectivity index (χ1n) is 13.2. The number of aliphatic hydroxyl groups is 1. The first-order valence-corrected chi connectivity index (χ1v) is 13.2. The molecule has 1 N–H and O–H groups in total. The Hall–Kier alpha value is -0.560. The van der Waals surface area contributed by atoms with Crippen molar-refractivity contribution in [3.8, 4) is 0 Å². The van der Waals surface area contributed by atoms with Gasteiger partial charge in [0.2, 0.25) is 0 Å². The topological polar surface area (TPSA) is 20.2 Å². The third-order valence-electron chi connectivity index (χ3n) is 11.0. The molecule has 0 heterocycles. The average Bonchev–Trinajstić information content (AvgIpc) is 3.06. The lowest BCUT2D eigenvalue weighted by molar-refractivity contribution is -0.0574. The van der Waals surface area contributed by atoms with E-state index in [0.29, 0.717) is 10.8 Å². The van der Waals surface area contributed by atoms with E-state index in [4.69, 9.17) is 0 Å². The smallest absolute Gasteiger partial charge is 0.0577 e. The van der Waals surface area contributed by atoms with Crippen LogP contribution in [0.2, 0.25) is 0 Å². The lowest BCUT2D eigenvalue weighted by Gasteiger charge is -2.58. The molecule has 4 aliphatic rings. The zero-order valence-corrected chi connectivity index (χ0v) is 20.6. The summed E-state index contributed by atoms with van der Waals surface area (Å²) in [6.07, 6.45) is 16.7. The summed E-state index contributed by atoms with van der Waals surface area (Å²) in [5, 5.41) is 10.2. The van der Waals surface area contributed by atoms with Crippen LogP contribution in [0.1, 0.15) is 105 Å². The van der Waals surface area contributed by atoms with E-state index in [-0.39, 0.29) is 6.10 Å². The highest BCUT2D eigenvalue weighted by atomic mass is 16.3. The summed E-state index contributed by atoms with van der Waals surface area (Å²) >= 11 is 0. The molecule has 0 radical (unpaired) electrons. The lowest BCUT2D eigenvalue weighted by atomic mass is 9.47. The number of fused-ring (bicyclic) bond motifs is 5.